The van der Waals surface area contributed by atoms with Crippen LogP contribution in [0.4, 0.5) is 0 Å². The van der Waals surface area contributed by atoms with E-state index in [2.05, 4.69) is 13.5 Å². The highest BCUT2D eigenvalue weighted by Crippen LogP contribution is 2.13. The van der Waals surface area contributed by atoms with Crippen molar-refractivity contribution < 1.29 is 5.11 Å². The van der Waals surface area contributed by atoms with Gasteiger partial charge in [-0.15, -0.1) is 0 Å². The summed E-state index contributed by atoms with van der Waals surface area (Å²) >= 11 is 0. The Labute approximate surface area is 96.9 Å². The van der Waals surface area contributed by atoms with Gasteiger partial charge in [-0.3, -0.25) is 0 Å². The van der Waals surface area contributed by atoms with E-state index in [4.69, 9.17) is 0 Å². The first-order valence-electron chi connectivity index (χ1n) is 6.14. The van der Waals surface area contributed by atoms with Crippen LogP contribution in [0, 0.1) is 5.92 Å². The van der Waals surface area contributed by atoms with Gasteiger partial charge in [-0.25, -0.2) is 0 Å². The number of aliphatic hydroxyl groups excluding tert-OH is 1. The van der Waals surface area contributed by atoms with Gasteiger partial charge in [0, 0.05) is 0 Å². The molecule has 0 amide bonds. The van der Waals surface area contributed by atoms with Crippen LogP contribution in [0.5, 0.6) is 0 Å². The molecule has 0 heterocycles. The fraction of sp³-hybridized carbons (Fsp3) is 0.714. The van der Waals surface area contributed by atoms with Crippen LogP contribution in [0.3, 0.4) is 0 Å². The van der Waals surface area contributed by atoms with E-state index in [1.165, 1.54) is 0 Å². The molecule has 1 atom stereocenters. The monoisotopic (exact) mass is 214 g/mol. The zero-order valence-electron chi connectivity index (χ0n) is 11.7. The lowest BCUT2D eigenvalue weighted by atomic mass is 9.98. The van der Waals surface area contributed by atoms with Gasteiger partial charge < -0.3 is 5.11 Å². The molecule has 0 saturated carbocycles. The van der Waals surface area contributed by atoms with Crippen molar-refractivity contribution in [3.8, 4) is 0 Å². The summed E-state index contributed by atoms with van der Waals surface area (Å²) in [6, 6.07) is 0. The van der Waals surface area contributed by atoms with Crippen molar-refractivity contribution in [2.45, 2.75) is 61.0 Å². The smallest absolute Gasteiger partial charge is 0.0809 e. The lowest BCUT2D eigenvalue weighted by molar-refractivity contribution is 0.163. The maximum atomic E-state index is 9.58. The number of hydrogen-bond donors (Lipinski definition) is 1. The molecule has 0 spiro atoms. The number of aliphatic hydroxyl groups is 1. The van der Waals surface area contributed by atoms with Crippen LogP contribution in [0.25, 0.3) is 0 Å². The Bertz CT molecular complexity index is 145. The minimum atomic E-state index is -0.354. The highest BCUT2D eigenvalue weighted by Gasteiger charge is 2.10. The van der Waals surface area contributed by atoms with Crippen LogP contribution in [-0.2, 0) is 0 Å². The summed E-state index contributed by atoms with van der Waals surface area (Å²) in [5, 5.41) is 9.58. The largest absolute Gasteiger partial charge is 0.388 e. The highest BCUT2D eigenvalue weighted by molar-refractivity contribution is 5.20. The Balaban J connectivity index is -0.000000318. The summed E-state index contributed by atoms with van der Waals surface area (Å²) < 4.78 is 0. The second-order valence-electron chi connectivity index (χ2n) is 3.01. The zero-order chi connectivity index (χ0) is 12.9. The van der Waals surface area contributed by atoms with E-state index < -0.39 is 0 Å². The second kappa shape index (κ2) is 15.9. The van der Waals surface area contributed by atoms with E-state index in [9.17, 15) is 5.11 Å². The quantitative estimate of drug-likeness (QED) is 0.679. The number of hydrogen-bond acceptors (Lipinski definition) is 1. The van der Waals surface area contributed by atoms with Crippen molar-refractivity contribution >= 4 is 0 Å². The van der Waals surface area contributed by atoms with Crippen molar-refractivity contribution in [1.82, 2.24) is 0 Å². The Morgan fingerprint density at radius 2 is 1.60 bits per heavy atom. The third kappa shape index (κ3) is 11.4. The maximum absolute atomic E-state index is 9.58. The normalized spacial score (nSPS) is 11.9. The summed E-state index contributed by atoms with van der Waals surface area (Å²) in [5.74, 6) is 0.269. The molecule has 0 radical (unpaired) electrons. The molecule has 0 aliphatic heterocycles. The van der Waals surface area contributed by atoms with Gasteiger partial charge in [0.15, 0.2) is 0 Å². The molecule has 1 N–H and O–H groups in total. The van der Waals surface area contributed by atoms with Crippen LogP contribution in [-0.4, -0.2) is 11.2 Å². The highest BCUT2D eigenvalue weighted by atomic mass is 16.3. The molecule has 0 bridgehead atoms. The van der Waals surface area contributed by atoms with Crippen molar-refractivity contribution in [2.24, 2.45) is 5.92 Å². The topological polar surface area (TPSA) is 20.2 Å². The first kappa shape index (κ1) is 19.9. The van der Waals surface area contributed by atoms with Crippen LogP contribution >= 0.6 is 0 Å². The molecule has 0 saturated heterocycles. The lowest BCUT2D eigenvalue weighted by Gasteiger charge is -2.15. The summed E-state index contributed by atoms with van der Waals surface area (Å²) in [7, 11) is 0. The van der Waals surface area contributed by atoms with Gasteiger partial charge in [-0.05, 0) is 17.9 Å². The van der Waals surface area contributed by atoms with Gasteiger partial charge in [0.05, 0.1) is 6.10 Å². The van der Waals surface area contributed by atoms with E-state index >= 15 is 0 Å². The predicted octanol–water partition coefficient (Wildman–Crippen LogP) is 4.58. The first-order valence-corrected chi connectivity index (χ1v) is 6.14. The molecule has 1 heteroatoms. The Kier molecular flexibility index (Phi) is 21.1. The molecule has 1 unspecified atom stereocenters. The molecule has 15 heavy (non-hydrogen) atoms. The molecule has 0 aliphatic carbocycles. The minimum Gasteiger partial charge on any atom is -0.388 e. The summed E-state index contributed by atoms with van der Waals surface area (Å²) in [5.41, 5.74) is 0.947. The Morgan fingerprint density at radius 1 is 1.20 bits per heavy atom. The van der Waals surface area contributed by atoms with Crippen molar-refractivity contribution in [3.63, 3.8) is 0 Å². The van der Waals surface area contributed by atoms with E-state index in [-0.39, 0.29) is 12.0 Å². The molecular formula is C14H30O. The number of rotatable bonds is 4. The lowest BCUT2D eigenvalue weighted by Crippen LogP contribution is -2.16. The van der Waals surface area contributed by atoms with Crippen molar-refractivity contribution in [2.75, 3.05) is 0 Å². The van der Waals surface area contributed by atoms with Gasteiger partial charge in [-0.2, -0.15) is 0 Å². The average molecular weight is 214 g/mol. The average Bonchev–Trinajstić information content (AvgIpc) is 2.30. The standard InChI is InChI=1S/C10H18O.2C2H6/c1-5-7-9(6-2)10(11)8(3)4;2*1-2/h6-8,10-11H,2,5H2,1,3-4H3;2*1-2H3/b9-7+;;. The number of allylic oxidation sites excluding steroid dienone is 1. The van der Waals surface area contributed by atoms with Gasteiger partial charge in [0.2, 0.25) is 0 Å². The minimum absolute atomic E-state index is 0.269. The maximum Gasteiger partial charge on any atom is 0.0809 e. The molecule has 0 fully saturated rings. The van der Waals surface area contributed by atoms with E-state index in [0.29, 0.717) is 0 Å². The van der Waals surface area contributed by atoms with E-state index in [1.54, 1.807) is 6.08 Å². The first-order chi connectivity index (χ1) is 7.13. The third-order valence-electron chi connectivity index (χ3n) is 1.65. The molecule has 0 aliphatic rings. The second-order valence-corrected chi connectivity index (χ2v) is 3.01. The third-order valence-corrected chi connectivity index (χ3v) is 1.65. The van der Waals surface area contributed by atoms with Gasteiger partial charge in [-0.1, -0.05) is 67.2 Å². The van der Waals surface area contributed by atoms with Crippen LogP contribution in [0.2, 0.25) is 0 Å². The molecule has 0 aromatic carbocycles. The van der Waals surface area contributed by atoms with Crippen LogP contribution in [0.1, 0.15) is 54.9 Å². The fourth-order valence-electron chi connectivity index (χ4n) is 0.945. The Hall–Kier alpha value is -0.560. The van der Waals surface area contributed by atoms with E-state index in [0.717, 1.165) is 12.0 Å². The molecule has 0 aromatic rings. The van der Waals surface area contributed by atoms with Crippen LogP contribution < -0.4 is 0 Å². The van der Waals surface area contributed by atoms with Crippen LogP contribution in [0.15, 0.2) is 24.3 Å². The van der Waals surface area contributed by atoms with Gasteiger partial charge in [0.25, 0.3) is 0 Å². The molecule has 92 valence electrons. The molecular weight excluding hydrogens is 184 g/mol. The van der Waals surface area contributed by atoms with Gasteiger partial charge in [0.1, 0.15) is 0 Å². The predicted molar refractivity (Wildman–Crippen MR) is 72.1 cm³/mol. The summed E-state index contributed by atoms with van der Waals surface area (Å²) in [6.07, 6.45) is 4.34. The van der Waals surface area contributed by atoms with Gasteiger partial charge >= 0.3 is 0 Å². The molecule has 0 aromatic heterocycles. The van der Waals surface area contributed by atoms with Crippen molar-refractivity contribution in [3.05, 3.63) is 24.3 Å². The zero-order valence-corrected chi connectivity index (χ0v) is 11.7. The van der Waals surface area contributed by atoms with Crippen molar-refractivity contribution in [1.29, 1.82) is 0 Å². The molecule has 1 nitrogen and oxygen atoms in total. The van der Waals surface area contributed by atoms with E-state index in [1.807, 2.05) is 47.6 Å². The fourth-order valence-corrected chi connectivity index (χ4v) is 0.945. The SMILES string of the molecule is C=C/C(=C\CC)C(O)C(C)C.CC.CC. The summed E-state index contributed by atoms with van der Waals surface area (Å²) in [6.45, 7) is 17.7. The summed E-state index contributed by atoms with van der Waals surface area (Å²) in [4.78, 5) is 0. The molecule has 0 rings (SSSR count). The Morgan fingerprint density at radius 3 is 1.80 bits per heavy atom.